The Bertz CT molecular complexity index is 444. The van der Waals surface area contributed by atoms with Crippen molar-refractivity contribution in [3.05, 3.63) is 22.7 Å². The van der Waals surface area contributed by atoms with Crippen LogP contribution in [0.1, 0.15) is 12.8 Å². The molecule has 92 valence electrons. The molecule has 1 saturated carbocycles. The van der Waals surface area contributed by atoms with Gasteiger partial charge in [-0.25, -0.2) is 0 Å². The van der Waals surface area contributed by atoms with E-state index in [1.165, 1.54) is 0 Å². The van der Waals surface area contributed by atoms with Crippen molar-refractivity contribution in [2.75, 3.05) is 19.0 Å². The zero-order valence-electron chi connectivity index (χ0n) is 9.63. The van der Waals surface area contributed by atoms with E-state index in [4.69, 9.17) is 10.5 Å². The maximum Gasteiger partial charge on any atom is 0.231 e. The highest BCUT2D eigenvalue weighted by atomic mass is 79.9. The molecule has 4 nitrogen and oxygen atoms in total. The van der Waals surface area contributed by atoms with Crippen molar-refractivity contribution < 1.29 is 9.53 Å². The van der Waals surface area contributed by atoms with E-state index in [1.54, 1.807) is 13.2 Å². The van der Waals surface area contributed by atoms with Gasteiger partial charge in [-0.2, -0.15) is 0 Å². The molecule has 0 aliphatic heterocycles. The Morgan fingerprint density at radius 2 is 2.29 bits per heavy atom. The van der Waals surface area contributed by atoms with Gasteiger partial charge in [0.25, 0.3) is 0 Å². The number of nitrogens with two attached hydrogens (primary N) is 1. The normalized spacial score (nSPS) is 16.4. The predicted octanol–water partition coefficient (Wildman–Crippen LogP) is 2.14. The minimum absolute atomic E-state index is 0.00405. The molecule has 1 fully saturated rings. The Balaban J connectivity index is 2.11. The third-order valence-electron chi connectivity index (χ3n) is 3.13. The highest BCUT2D eigenvalue weighted by Crippen LogP contribution is 2.45. The van der Waals surface area contributed by atoms with Gasteiger partial charge in [-0.1, -0.05) is 0 Å². The van der Waals surface area contributed by atoms with Crippen molar-refractivity contribution in [3.8, 4) is 5.75 Å². The van der Waals surface area contributed by atoms with Crippen LogP contribution in [0.2, 0.25) is 0 Å². The number of hydrogen-bond acceptors (Lipinski definition) is 3. The zero-order chi connectivity index (χ0) is 12.5. The van der Waals surface area contributed by atoms with E-state index >= 15 is 0 Å². The maximum atomic E-state index is 12.0. The molecule has 0 heterocycles. The van der Waals surface area contributed by atoms with Crippen molar-refractivity contribution >= 4 is 27.5 Å². The van der Waals surface area contributed by atoms with E-state index in [9.17, 15) is 4.79 Å². The molecule has 1 aliphatic carbocycles. The fourth-order valence-electron chi connectivity index (χ4n) is 1.68. The molecular formula is C12H15BrN2O2. The summed E-state index contributed by atoms with van der Waals surface area (Å²) in [7, 11) is 1.59. The van der Waals surface area contributed by atoms with Gasteiger partial charge in [0.15, 0.2) is 0 Å². The van der Waals surface area contributed by atoms with Crippen molar-refractivity contribution in [3.63, 3.8) is 0 Å². The van der Waals surface area contributed by atoms with E-state index in [-0.39, 0.29) is 11.3 Å². The molecular weight excluding hydrogens is 284 g/mol. The molecule has 3 N–H and O–H groups in total. The van der Waals surface area contributed by atoms with E-state index in [0.717, 1.165) is 23.0 Å². The average molecular weight is 299 g/mol. The van der Waals surface area contributed by atoms with Gasteiger partial charge in [0.05, 0.1) is 17.0 Å². The van der Waals surface area contributed by atoms with Crippen LogP contribution in [0.5, 0.6) is 5.75 Å². The summed E-state index contributed by atoms with van der Waals surface area (Å²) in [6.45, 7) is 0.409. The third-order valence-corrected chi connectivity index (χ3v) is 3.79. The van der Waals surface area contributed by atoms with Gasteiger partial charge in [-0.05, 0) is 40.9 Å². The second kappa shape index (κ2) is 4.66. The van der Waals surface area contributed by atoms with Gasteiger partial charge in [0.1, 0.15) is 5.75 Å². The molecule has 5 heteroatoms. The SMILES string of the molecule is COc1cc(NC(=O)C2(CN)CC2)ccc1Br. The lowest BCUT2D eigenvalue weighted by Gasteiger charge is -2.13. The summed E-state index contributed by atoms with van der Waals surface area (Å²) < 4.78 is 6.03. The van der Waals surface area contributed by atoms with Gasteiger partial charge in [0, 0.05) is 18.3 Å². The summed E-state index contributed by atoms with van der Waals surface area (Å²) in [5.74, 6) is 0.699. The van der Waals surface area contributed by atoms with E-state index in [1.807, 2.05) is 12.1 Å². The van der Waals surface area contributed by atoms with E-state index < -0.39 is 0 Å². The fraction of sp³-hybridized carbons (Fsp3) is 0.417. The molecule has 1 amide bonds. The van der Waals surface area contributed by atoms with Crippen LogP contribution in [0.4, 0.5) is 5.69 Å². The van der Waals surface area contributed by atoms with Crippen LogP contribution in [0.25, 0.3) is 0 Å². The van der Waals surface area contributed by atoms with Gasteiger partial charge in [-0.15, -0.1) is 0 Å². The summed E-state index contributed by atoms with van der Waals surface area (Å²) in [5, 5.41) is 2.88. The van der Waals surface area contributed by atoms with Crippen LogP contribution < -0.4 is 15.8 Å². The molecule has 17 heavy (non-hydrogen) atoms. The summed E-state index contributed by atoms with van der Waals surface area (Å²) >= 11 is 3.36. The number of methoxy groups -OCH3 is 1. The number of nitrogens with one attached hydrogen (secondary N) is 1. The third kappa shape index (κ3) is 2.45. The number of rotatable bonds is 4. The number of carbonyl (C=O) groups excluding carboxylic acids is 1. The minimum Gasteiger partial charge on any atom is -0.495 e. The van der Waals surface area contributed by atoms with Crippen molar-refractivity contribution in [2.24, 2.45) is 11.1 Å². The van der Waals surface area contributed by atoms with Crippen LogP contribution in [-0.4, -0.2) is 19.6 Å². The molecule has 0 aromatic heterocycles. The monoisotopic (exact) mass is 298 g/mol. The molecule has 0 atom stereocenters. The highest BCUT2D eigenvalue weighted by Gasteiger charge is 2.48. The second-order valence-electron chi connectivity index (χ2n) is 4.29. The molecule has 0 spiro atoms. The lowest BCUT2D eigenvalue weighted by molar-refractivity contribution is -0.120. The topological polar surface area (TPSA) is 64.3 Å². The largest absolute Gasteiger partial charge is 0.495 e. The summed E-state index contributed by atoms with van der Waals surface area (Å²) in [4.78, 5) is 12.0. The number of hydrogen-bond donors (Lipinski definition) is 2. The van der Waals surface area contributed by atoms with Crippen molar-refractivity contribution in [1.82, 2.24) is 0 Å². The quantitative estimate of drug-likeness (QED) is 0.895. The molecule has 1 aliphatic rings. The number of amides is 1. The number of halogens is 1. The molecule has 1 aromatic carbocycles. The first-order chi connectivity index (χ1) is 8.11. The van der Waals surface area contributed by atoms with E-state index in [2.05, 4.69) is 21.2 Å². The Morgan fingerprint density at radius 1 is 1.59 bits per heavy atom. The van der Waals surface area contributed by atoms with Crippen LogP contribution in [0.15, 0.2) is 22.7 Å². The molecule has 0 saturated heterocycles. The van der Waals surface area contributed by atoms with Crippen LogP contribution >= 0.6 is 15.9 Å². The van der Waals surface area contributed by atoms with Gasteiger partial charge in [0.2, 0.25) is 5.91 Å². The van der Waals surface area contributed by atoms with Gasteiger partial charge >= 0.3 is 0 Å². The Hall–Kier alpha value is -1.07. The maximum absolute atomic E-state index is 12.0. The van der Waals surface area contributed by atoms with Crippen LogP contribution in [-0.2, 0) is 4.79 Å². The lowest BCUT2D eigenvalue weighted by atomic mass is 10.1. The Morgan fingerprint density at radius 3 is 2.82 bits per heavy atom. The molecule has 1 aromatic rings. The van der Waals surface area contributed by atoms with E-state index in [0.29, 0.717) is 12.3 Å². The first kappa shape index (κ1) is 12.4. The molecule has 0 unspecified atom stereocenters. The van der Waals surface area contributed by atoms with Crippen molar-refractivity contribution in [2.45, 2.75) is 12.8 Å². The number of ether oxygens (including phenoxy) is 1. The van der Waals surface area contributed by atoms with Crippen LogP contribution in [0, 0.1) is 5.41 Å². The Labute approximate surface area is 109 Å². The summed E-state index contributed by atoms with van der Waals surface area (Å²) in [6.07, 6.45) is 1.76. The summed E-state index contributed by atoms with van der Waals surface area (Å²) in [5.41, 5.74) is 6.01. The molecule has 0 bridgehead atoms. The Kier molecular flexibility index (Phi) is 3.40. The number of benzene rings is 1. The summed E-state index contributed by atoms with van der Waals surface area (Å²) in [6, 6.07) is 5.46. The van der Waals surface area contributed by atoms with Crippen LogP contribution in [0.3, 0.4) is 0 Å². The number of carbonyl (C=O) groups is 1. The first-order valence-electron chi connectivity index (χ1n) is 5.46. The fourth-order valence-corrected chi connectivity index (χ4v) is 2.08. The first-order valence-corrected chi connectivity index (χ1v) is 6.26. The standard InChI is InChI=1S/C12H15BrN2O2/c1-17-10-6-8(2-3-9(10)13)15-11(16)12(7-14)4-5-12/h2-3,6H,4-5,7,14H2,1H3,(H,15,16). The highest BCUT2D eigenvalue weighted by molar-refractivity contribution is 9.10. The zero-order valence-corrected chi connectivity index (χ0v) is 11.2. The second-order valence-corrected chi connectivity index (χ2v) is 5.14. The number of anilines is 1. The smallest absolute Gasteiger partial charge is 0.231 e. The van der Waals surface area contributed by atoms with Crippen molar-refractivity contribution in [1.29, 1.82) is 0 Å². The minimum atomic E-state index is -0.333. The molecule has 0 radical (unpaired) electrons. The lowest BCUT2D eigenvalue weighted by Crippen LogP contribution is -2.30. The van der Waals surface area contributed by atoms with Gasteiger partial charge < -0.3 is 15.8 Å². The predicted molar refractivity (Wildman–Crippen MR) is 70.0 cm³/mol. The van der Waals surface area contributed by atoms with Gasteiger partial charge in [-0.3, -0.25) is 4.79 Å². The molecule has 2 rings (SSSR count). The average Bonchev–Trinajstić information content (AvgIpc) is 3.12.